The minimum absolute atomic E-state index is 0.153. The number of hydrogen-bond acceptors (Lipinski definition) is 6. The molecule has 7 nitrogen and oxygen atoms in total. The van der Waals surface area contributed by atoms with E-state index in [0.717, 1.165) is 12.0 Å². The lowest BCUT2D eigenvalue weighted by molar-refractivity contribution is 0.436. The second-order valence-electron chi connectivity index (χ2n) is 5.13. The highest BCUT2D eigenvalue weighted by molar-refractivity contribution is 7.92. The second kappa shape index (κ2) is 6.48. The normalized spacial score (nSPS) is 11.6. The molecule has 2 heterocycles. The maximum Gasteiger partial charge on any atom is 0.295 e. The number of anilines is 1. The number of nitrogens with one attached hydrogen (secondary N) is 1. The summed E-state index contributed by atoms with van der Waals surface area (Å²) >= 11 is 0. The van der Waals surface area contributed by atoms with Gasteiger partial charge in [-0.25, -0.2) is 0 Å². The van der Waals surface area contributed by atoms with Gasteiger partial charge in [-0.2, -0.15) is 8.42 Å². The van der Waals surface area contributed by atoms with Crippen molar-refractivity contribution in [3.63, 3.8) is 0 Å². The van der Waals surface area contributed by atoms with Gasteiger partial charge in [0.15, 0.2) is 5.76 Å². The van der Waals surface area contributed by atoms with Crippen molar-refractivity contribution in [1.29, 1.82) is 0 Å². The minimum atomic E-state index is -3.83. The van der Waals surface area contributed by atoms with Crippen LogP contribution in [0.15, 0.2) is 50.3 Å². The number of hydrogen-bond donors (Lipinski definition) is 1. The molecular weight excluding hydrogens is 330 g/mol. The Hall–Kier alpha value is -2.61. The molecule has 24 heavy (non-hydrogen) atoms. The Kier molecular flexibility index (Phi) is 4.39. The number of sulfonamides is 1. The van der Waals surface area contributed by atoms with Crippen LogP contribution >= 0.6 is 0 Å². The number of rotatable bonds is 6. The molecule has 1 N–H and O–H groups in total. The monoisotopic (exact) mass is 347 g/mol. The van der Waals surface area contributed by atoms with Crippen LogP contribution in [0.5, 0.6) is 0 Å². The molecule has 0 saturated carbocycles. The Morgan fingerprint density at radius 2 is 1.71 bits per heavy atom. The van der Waals surface area contributed by atoms with Gasteiger partial charge >= 0.3 is 0 Å². The van der Waals surface area contributed by atoms with Crippen LogP contribution in [0.3, 0.4) is 0 Å². The van der Waals surface area contributed by atoms with Crippen LogP contribution in [0.1, 0.15) is 25.3 Å². The summed E-state index contributed by atoms with van der Waals surface area (Å²) in [5, 5.41) is 7.44. The summed E-state index contributed by atoms with van der Waals surface area (Å²) in [6, 6.07) is 10.0. The molecule has 8 heteroatoms. The third-order valence-corrected chi connectivity index (χ3v) is 4.69. The van der Waals surface area contributed by atoms with Gasteiger partial charge in [0.05, 0.1) is 0 Å². The summed E-state index contributed by atoms with van der Waals surface area (Å²) in [5.74, 6) is 0.824. The van der Waals surface area contributed by atoms with Crippen molar-refractivity contribution in [2.45, 2.75) is 31.8 Å². The largest absolute Gasteiger partial charge is 0.438 e. The van der Waals surface area contributed by atoms with Gasteiger partial charge in [-0.05, 0) is 36.2 Å². The molecule has 0 saturated heterocycles. The highest BCUT2D eigenvalue weighted by Crippen LogP contribution is 2.25. The number of aryl methyl sites for hydroxylation is 2. The van der Waals surface area contributed by atoms with Crippen LogP contribution in [-0.2, 0) is 22.9 Å². The van der Waals surface area contributed by atoms with Gasteiger partial charge in [-0.15, -0.1) is 10.2 Å². The van der Waals surface area contributed by atoms with Gasteiger partial charge in [0.2, 0.25) is 11.0 Å². The molecule has 0 bridgehead atoms. The average Bonchev–Trinajstić information content (AvgIpc) is 3.24. The molecule has 0 spiro atoms. The molecule has 0 aliphatic carbocycles. The minimum Gasteiger partial charge on any atom is -0.438 e. The highest BCUT2D eigenvalue weighted by atomic mass is 32.2. The lowest BCUT2D eigenvalue weighted by Crippen LogP contribution is -2.12. The van der Waals surface area contributed by atoms with Crippen LogP contribution in [0.4, 0.5) is 5.69 Å². The van der Waals surface area contributed by atoms with Crippen LogP contribution in [0, 0.1) is 0 Å². The van der Waals surface area contributed by atoms with E-state index in [1.807, 2.05) is 26.0 Å². The molecule has 2 aromatic heterocycles. The molecule has 0 aliphatic rings. The first-order chi connectivity index (χ1) is 11.5. The van der Waals surface area contributed by atoms with Crippen LogP contribution < -0.4 is 4.72 Å². The molecule has 0 unspecified atom stereocenters. The predicted octanol–water partition coefficient (Wildman–Crippen LogP) is 3.26. The Bertz CT molecular complexity index is 926. The molecular formula is C16H17N3O4S. The number of nitrogens with zero attached hydrogens (tertiary/aromatic N) is 2. The molecule has 1 aromatic carbocycles. The molecule has 0 aliphatic heterocycles. The van der Waals surface area contributed by atoms with E-state index >= 15 is 0 Å². The van der Waals surface area contributed by atoms with Crippen LogP contribution in [0.2, 0.25) is 0 Å². The summed E-state index contributed by atoms with van der Waals surface area (Å²) in [7, 11) is -3.83. The fraction of sp³-hybridized carbons (Fsp3) is 0.250. The fourth-order valence-corrected chi connectivity index (χ4v) is 3.08. The standard InChI is InChI=1S/C16H17N3O4S/c1-3-11-5-7-12(8-6-11)19-24(20,21)15-10-9-13(22-15)16-18-17-14(4-2)23-16/h5-10,19H,3-4H2,1-2H3. The van der Waals surface area contributed by atoms with Gasteiger partial charge in [0.25, 0.3) is 15.9 Å². The lowest BCUT2D eigenvalue weighted by Gasteiger charge is -2.06. The van der Waals surface area contributed by atoms with Gasteiger partial charge in [0, 0.05) is 12.1 Å². The summed E-state index contributed by atoms with van der Waals surface area (Å²) < 4.78 is 38.0. The lowest BCUT2D eigenvalue weighted by atomic mass is 10.2. The quantitative estimate of drug-likeness (QED) is 0.735. The zero-order valence-electron chi connectivity index (χ0n) is 13.3. The van der Waals surface area contributed by atoms with Crippen molar-refractivity contribution in [3.05, 3.63) is 47.9 Å². The second-order valence-corrected chi connectivity index (χ2v) is 6.74. The van der Waals surface area contributed by atoms with Crippen molar-refractivity contribution in [2.75, 3.05) is 4.72 Å². The highest BCUT2D eigenvalue weighted by Gasteiger charge is 2.21. The van der Waals surface area contributed by atoms with E-state index < -0.39 is 10.0 Å². The molecule has 0 fully saturated rings. The molecule has 126 valence electrons. The van der Waals surface area contributed by atoms with Gasteiger partial charge < -0.3 is 8.83 Å². The number of furan rings is 1. The van der Waals surface area contributed by atoms with Crippen LogP contribution in [-0.4, -0.2) is 18.6 Å². The molecule has 3 rings (SSSR count). The first-order valence-corrected chi connectivity index (χ1v) is 9.04. The zero-order valence-corrected chi connectivity index (χ0v) is 14.1. The van der Waals surface area contributed by atoms with Crippen molar-refractivity contribution < 1.29 is 17.3 Å². The van der Waals surface area contributed by atoms with Crippen molar-refractivity contribution in [2.24, 2.45) is 0 Å². The number of benzene rings is 1. The smallest absolute Gasteiger partial charge is 0.295 e. The Morgan fingerprint density at radius 1 is 0.958 bits per heavy atom. The molecule has 0 amide bonds. The molecule has 3 aromatic rings. The first kappa shape index (κ1) is 16.3. The predicted molar refractivity (Wildman–Crippen MR) is 88.0 cm³/mol. The van der Waals surface area contributed by atoms with Crippen LogP contribution in [0.25, 0.3) is 11.7 Å². The fourth-order valence-electron chi connectivity index (χ4n) is 2.09. The van der Waals surface area contributed by atoms with E-state index in [-0.39, 0.29) is 16.7 Å². The summed E-state index contributed by atoms with van der Waals surface area (Å²) in [6.07, 6.45) is 1.48. The Balaban J connectivity index is 1.81. The third-order valence-electron chi connectivity index (χ3n) is 3.44. The first-order valence-electron chi connectivity index (χ1n) is 7.56. The van der Waals surface area contributed by atoms with E-state index in [2.05, 4.69) is 14.9 Å². The van der Waals surface area contributed by atoms with E-state index in [4.69, 9.17) is 8.83 Å². The Morgan fingerprint density at radius 3 is 2.33 bits per heavy atom. The topological polar surface area (TPSA) is 98.2 Å². The van der Waals surface area contributed by atoms with Crippen molar-refractivity contribution in [1.82, 2.24) is 10.2 Å². The van der Waals surface area contributed by atoms with E-state index in [9.17, 15) is 8.42 Å². The maximum absolute atomic E-state index is 12.4. The van der Waals surface area contributed by atoms with Crippen molar-refractivity contribution in [3.8, 4) is 11.7 Å². The van der Waals surface area contributed by atoms with Gasteiger partial charge in [0.1, 0.15) is 0 Å². The van der Waals surface area contributed by atoms with E-state index in [0.29, 0.717) is 18.0 Å². The Labute approximate surface area is 139 Å². The summed E-state index contributed by atoms with van der Waals surface area (Å²) in [4.78, 5) is 0. The zero-order chi connectivity index (χ0) is 17.2. The van der Waals surface area contributed by atoms with Crippen molar-refractivity contribution >= 4 is 15.7 Å². The molecule has 0 radical (unpaired) electrons. The number of aromatic nitrogens is 2. The maximum atomic E-state index is 12.4. The summed E-state index contributed by atoms with van der Waals surface area (Å²) in [5.41, 5.74) is 1.59. The SMILES string of the molecule is CCc1ccc(NS(=O)(=O)c2ccc(-c3nnc(CC)o3)o2)cc1. The average molecular weight is 347 g/mol. The third kappa shape index (κ3) is 3.33. The van der Waals surface area contributed by atoms with E-state index in [1.54, 1.807) is 12.1 Å². The molecule has 0 atom stereocenters. The van der Waals surface area contributed by atoms with E-state index in [1.165, 1.54) is 12.1 Å². The van der Waals surface area contributed by atoms with Gasteiger partial charge in [-0.1, -0.05) is 26.0 Å². The summed E-state index contributed by atoms with van der Waals surface area (Å²) in [6.45, 7) is 3.91. The van der Waals surface area contributed by atoms with Gasteiger partial charge in [-0.3, -0.25) is 4.72 Å².